The maximum atomic E-state index is 5.07. The van der Waals surface area contributed by atoms with E-state index in [2.05, 4.69) is 25.7 Å². The topological polar surface area (TPSA) is 21.7 Å². The standard InChI is InChI=1S/C12H27N.2C5H10O/c1-4-7-10-13(11-8-5-2)12-9-6-3;2*1-2-4-6-5-3-1/h4-12H2,1-3H3;2*1-5H2. The highest BCUT2D eigenvalue weighted by Gasteiger charge is 2.01. The van der Waals surface area contributed by atoms with Crippen LogP contribution >= 0.6 is 0 Å². The molecule has 0 unspecified atom stereocenters. The largest absolute Gasteiger partial charge is 0.381 e. The molecule has 0 bridgehead atoms. The van der Waals surface area contributed by atoms with Crippen LogP contribution in [-0.4, -0.2) is 51.0 Å². The normalized spacial score (nSPS) is 17.3. The van der Waals surface area contributed by atoms with Crippen molar-refractivity contribution in [2.24, 2.45) is 0 Å². The minimum atomic E-state index is 1.00. The lowest BCUT2D eigenvalue weighted by Crippen LogP contribution is -2.27. The first-order valence-corrected chi connectivity index (χ1v) is 11.2. The van der Waals surface area contributed by atoms with E-state index in [1.807, 2.05) is 0 Å². The molecule has 0 radical (unpaired) electrons. The molecule has 2 fully saturated rings. The summed E-state index contributed by atoms with van der Waals surface area (Å²) >= 11 is 0. The zero-order valence-corrected chi connectivity index (χ0v) is 17.7. The van der Waals surface area contributed by atoms with Crippen LogP contribution in [0.1, 0.15) is 97.8 Å². The van der Waals surface area contributed by atoms with E-state index in [1.54, 1.807) is 0 Å². The fourth-order valence-electron chi connectivity index (χ4n) is 2.85. The minimum Gasteiger partial charge on any atom is -0.381 e. The zero-order chi connectivity index (χ0) is 18.4. The molecule has 0 spiro atoms. The third-order valence-electron chi connectivity index (χ3n) is 4.64. The van der Waals surface area contributed by atoms with Crippen LogP contribution in [0.15, 0.2) is 0 Å². The predicted octanol–water partition coefficient (Wildman–Crippen LogP) is 6.06. The third-order valence-corrected chi connectivity index (χ3v) is 4.64. The Morgan fingerprint density at radius 2 is 0.840 bits per heavy atom. The highest BCUT2D eigenvalue weighted by molar-refractivity contribution is 4.57. The Hall–Kier alpha value is -0.120. The first-order valence-electron chi connectivity index (χ1n) is 11.2. The van der Waals surface area contributed by atoms with Crippen molar-refractivity contribution >= 4 is 0 Å². The average molecular weight is 358 g/mol. The minimum absolute atomic E-state index is 1.00. The molecule has 0 amide bonds. The molecule has 0 saturated carbocycles. The van der Waals surface area contributed by atoms with E-state index in [-0.39, 0.29) is 0 Å². The molecule has 2 rings (SSSR count). The van der Waals surface area contributed by atoms with E-state index >= 15 is 0 Å². The lowest BCUT2D eigenvalue weighted by Gasteiger charge is -2.21. The van der Waals surface area contributed by atoms with E-state index < -0.39 is 0 Å². The smallest absolute Gasteiger partial charge is 0.0466 e. The van der Waals surface area contributed by atoms with E-state index in [4.69, 9.17) is 9.47 Å². The lowest BCUT2D eigenvalue weighted by atomic mass is 10.2. The fraction of sp³-hybridized carbons (Fsp3) is 1.00. The summed E-state index contributed by atoms with van der Waals surface area (Å²) in [7, 11) is 0. The van der Waals surface area contributed by atoms with E-state index in [0.717, 1.165) is 26.4 Å². The molecular weight excluding hydrogens is 310 g/mol. The quantitative estimate of drug-likeness (QED) is 0.500. The van der Waals surface area contributed by atoms with E-state index in [9.17, 15) is 0 Å². The second kappa shape index (κ2) is 21.9. The average Bonchev–Trinajstić information content (AvgIpc) is 2.71. The number of rotatable bonds is 9. The van der Waals surface area contributed by atoms with Gasteiger partial charge < -0.3 is 14.4 Å². The summed E-state index contributed by atoms with van der Waals surface area (Å²) in [6.45, 7) is 14.8. The van der Waals surface area contributed by atoms with Crippen molar-refractivity contribution in [3.05, 3.63) is 0 Å². The molecule has 2 saturated heterocycles. The van der Waals surface area contributed by atoms with Gasteiger partial charge in [-0.3, -0.25) is 0 Å². The molecule has 0 aromatic heterocycles. The summed E-state index contributed by atoms with van der Waals surface area (Å²) in [5, 5.41) is 0. The number of hydrogen-bond acceptors (Lipinski definition) is 3. The van der Waals surface area contributed by atoms with Gasteiger partial charge in [0.05, 0.1) is 0 Å². The van der Waals surface area contributed by atoms with Crippen LogP contribution in [0.4, 0.5) is 0 Å². The molecule has 2 aliphatic heterocycles. The number of unbranched alkanes of at least 4 members (excludes halogenated alkanes) is 3. The van der Waals surface area contributed by atoms with Crippen LogP contribution in [0, 0.1) is 0 Å². The molecule has 2 aliphatic rings. The van der Waals surface area contributed by atoms with Crippen molar-refractivity contribution in [3.8, 4) is 0 Å². The molecule has 3 heteroatoms. The first-order chi connectivity index (χ1) is 12.3. The van der Waals surface area contributed by atoms with Crippen molar-refractivity contribution in [1.29, 1.82) is 0 Å². The van der Waals surface area contributed by atoms with Gasteiger partial charge in [-0.2, -0.15) is 0 Å². The monoisotopic (exact) mass is 357 g/mol. The Morgan fingerprint density at radius 3 is 1.00 bits per heavy atom. The zero-order valence-electron chi connectivity index (χ0n) is 17.7. The lowest BCUT2D eigenvalue weighted by molar-refractivity contribution is 0.0967. The van der Waals surface area contributed by atoms with Crippen molar-refractivity contribution in [2.45, 2.75) is 97.8 Å². The Bertz CT molecular complexity index is 174. The van der Waals surface area contributed by atoms with Gasteiger partial charge in [-0.25, -0.2) is 0 Å². The van der Waals surface area contributed by atoms with Gasteiger partial charge in [-0.15, -0.1) is 0 Å². The van der Waals surface area contributed by atoms with Gasteiger partial charge in [0.2, 0.25) is 0 Å². The molecule has 25 heavy (non-hydrogen) atoms. The predicted molar refractivity (Wildman–Crippen MR) is 111 cm³/mol. The fourth-order valence-corrected chi connectivity index (χ4v) is 2.85. The van der Waals surface area contributed by atoms with Crippen LogP contribution in [0.25, 0.3) is 0 Å². The Balaban J connectivity index is 0.000000392. The van der Waals surface area contributed by atoms with E-state index in [0.29, 0.717) is 0 Å². The van der Waals surface area contributed by atoms with Crippen LogP contribution < -0.4 is 0 Å². The van der Waals surface area contributed by atoms with Crippen molar-refractivity contribution in [1.82, 2.24) is 4.90 Å². The molecule has 3 nitrogen and oxygen atoms in total. The Kier molecular flexibility index (Phi) is 21.8. The SMILES string of the molecule is C1CCOCC1.C1CCOCC1.CCCCN(CCCC)CCCC. The molecule has 0 atom stereocenters. The molecule has 0 N–H and O–H groups in total. The third kappa shape index (κ3) is 20.0. The van der Waals surface area contributed by atoms with Crippen LogP contribution in [-0.2, 0) is 9.47 Å². The highest BCUT2D eigenvalue weighted by Crippen LogP contribution is 2.03. The van der Waals surface area contributed by atoms with Gasteiger partial charge in [0, 0.05) is 26.4 Å². The molecular formula is C22H47NO2. The van der Waals surface area contributed by atoms with Crippen molar-refractivity contribution < 1.29 is 9.47 Å². The molecule has 0 aliphatic carbocycles. The summed E-state index contributed by atoms with van der Waals surface area (Å²) in [6.07, 6.45) is 16.0. The summed E-state index contributed by atoms with van der Waals surface area (Å²) in [5.74, 6) is 0. The maximum absolute atomic E-state index is 5.07. The number of nitrogens with zero attached hydrogens (tertiary/aromatic N) is 1. The van der Waals surface area contributed by atoms with Crippen LogP contribution in [0.3, 0.4) is 0 Å². The summed E-state index contributed by atoms with van der Waals surface area (Å²) < 4.78 is 10.1. The summed E-state index contributed by atoms with van der Waals surface area (Å²) in [4.78, 5) is 2.64. The van der Waals surface area contributed by atoms with Crippen LogP contribution in [0.2, 0.25) is 0 Å². The van der Waals surface area contributed by atoms with Gasteiger partial charge in [-0.05, 0) is 77.4 Å². The second-order valence-corrected chi connectivity index (χ2v) is 7.25. The second-order valence-electron chi connectivity index (χ2n) is 7.25. The number of hydrogen-bond donors (Lipinski definition) is 0. The molecule has 2 heterocycles. The van der Waals surface area contributed by atoms with Gasteiger partial charge in [0.25, 0.3) is 0 Å². The van der Waals surface area contributed by atoms with Crippen molar-refractivity contribution in [2.75, 3.05) is 46.1 Å². The highest BCUT2D eigenvalue weighted by atomic mass is 16.5. The van der Waals surface area contributed by atoms with Gasteiger partial charge in [0.15, 0.2) is 0 Å². The summed E-state index contributed by atoms with van der Waals surface area (Å²) in [6, 6.07) is 0. The van der Waals surface area contributed by atoms with Gasteiger partial charge in [0.1, 0.15) is 0 Å². The van der Waals surface area contributed by atoms with Gasteiger partial charge >= 0.3 is 0 Å². The van der Waals surface area contributed by atoms with Crippen LogP contribution in [0.5, 0.6) is 0 Å². The first kappa shape index (κ1) is 24.9. The molecule has 0 aromatic carbocycles. The van der Waals surface area contributed by atoms with Crippen molar-refractivity contribution in [3.63, 3.8) is 0 Å². The molecule has 152 valence electrons. The van der Waals surface area contributed by atoms with E-state index in [1.165, 1.54) is 96.7 Å². The molecule has 0 aromatic rings. The Morgan fingerprint density at radius 1 is 0.520 bits per heavy atom. The number of ether oxygens (including phenoxy) is 2. The Labute approximate surface area is 158 Å². The van der Waals surface area contributed by atoms with Gasteiger partial charge in [-0.1, -0.05) is 40.0 Å². The maximum Gasteiger partial charge on any atom is 0.0466 e. The summed E-state index contributed by atoms with van der Waals surface area (Å²) in [5.41, 5.74) is 0.